The van der Waals surface area contributed by atoms with Gasteiger partial charge in [-0.05, 0) is 43.0 Å². The van der Waals surface area contributed by atoms with Crippen LogP contribution in [0.2, 0.25) is 0 Å². The van der Waals surface area contributed by atoms with E-state index in [-0.39, 0.29) is 18.6 Å². The molecule has 2 rings (SSSR count). The highest BCUT2D eigenvalue weighted by Gasteiger charge is 2.28. The van der Waals surface area contributed by atoms with Gasteiger partial charge in [-0.15, -0.1) is 0 Å². The minimum absolute atomic E-state index is 0.0113. The minimum atomic E-state index is -1.24. The molecular weight excluding hydrogens is 488 g/mol. The topological polar surface area (TPSA) is 200 Å². The number of rotatable bonds is 14. The largest absolute Gasteiger partial charge is 0.508 e. The van der Waals surface area contributed by atoms with Crippen molar-refractivity contribution >= 4 is 35.5 Å². The molecule has 0 radical (unpaired) electrons. The molecule has 0 bridgehead atoms. The van der Waals surface area contributed by atoms with E-state index in [0.29, 0.717) is 23.4 Å². The molecule has 36 heavy (non-hydrogen) atoms. The third-order valence-electron chi connectivity index (χ3n) is 5.32. The fourth-order valence-electron chi connectivity index (χ4n) is 3.25. The third-order valence-corrected chi connectivity index (χ3v) is 5.96. The molecule has 0 saturated heterocycles. The van der Waals surface area contributed by atoms with Gasteiger partial charge >= 0.3 is 5.97 Å². The lowest BCUT2D eigenvalue weighted by Crippen LogP contribution is -2.56. The molecule has 4 atom stereocenters. The van der Waals surface area contributed by atoms with Crippen molar-refractivity contribution in [2.75, 3.05) is 12.0 Å². The fraction of sp³-hybridized carbons (Fsp3) is 0.435. The molecule has 0 aliphatic carbocycles. The third kappa shape index (κ3) is 9.23. The number of H-pyrrole nitrogens is 1. The summed E-state index contributed by atoms with van der Waals surface area (Å²) in [5.74, 6) is -2.44. The van der Waals surface area contributed by atoms with Crippen LogP contribution in [0, 0.1) is 0 Å². The summed E-state index contributed by atoms with van der Waals surface area (Å²) < 4.78 is 0. The Kier molecular flexibility index (Phi) is 11.2. The summed E-state index contributed by atoms with van der Waals surface area (Å²) in [7, 11) is 0. The molecule has 0 spiro atoms. The number of hydrogen-bond donors (Lipinski definition) is 7. The van der Waals surface area contributed by atoms with Gasteiger partial charge in [0.2, 0.25) is 17.7 Å². The second kappa shape index (κ2) is 14.1. The van der Waals surface area contributed by atoms with Crippen LogP contribution in [-0.4, -0.2) is 80.0 Å². The van der Waals surface area contributed by atoms with E-state index in [1.807, 2.05) is 6.26 Å². The van der Waals surface area contributed by atoms with Gasteiger partial charge in [-0.2, -0.15) is 11.8 Å². The summed E-state index contributed by atoms with van der Waals surface area (Å²) in [6.45, 7) is 1.42. The highest BCUT2D eigenvalue weighted by molar-refractivity contribution is 7.98. The van der Waals surface area contributed by atoms with Crippen molar-refractivity contribution in [3.63, 3.8) is 0 Å². The molecule has 196 valence electrons. The Bertz CT molecular complexity index is 1020. The Labute approximate surface area is 212 Å². The van der Waals surface area contributed by atoms with Crippen molar-refractivity contribution in [3.05, 3.63) is 48.0 Å². The number of aromatic nitrogens is 2. The van der Waals surface area contributed by atoms with Crippen molar-refractivity contribution in [3.8, 4) is 5.75 Å². The van der Waals surface area contributed by atoms with Gasteiger partial charge in [0, 0.05) is 24.7 Å². The van der Waals surface area contributed by atoms with E-state index in [1.54, 1.807) is 18.3 Å². The van der Waals surface area contributed by atoms with E-state index in [0.717, 1.165) is 0 Å². The number of hydrogen-bond acceptors (Lipinski definition) is 8. The van der Waals surface area contributed by atoms with Gasteiger partial charge in [0.15, 0.2) is 0 Å². The van der Waals surface area contributed by atoms with Crippen LogP contribution in [-0.2, 0) is 32.0 Å². The van der Waals surface area contributed by atoms with Crippen molar-refractivity contribution in [2.24, 2.45) is 5.73 Å². The molecule has 0 fully saturated rings. The normalized spacial score (nSPS) is 14.2. The number of imidazole rings is 1. The van der Waals surface area contributed by atoms with Gasteiger partial charge in [-0.25, -0.2) is 9.78 Å². The van der Waals surface area contributed by atoms with E-state index in [1.165, 1.54) is 37.1 Å². The lowest BCUT2D eigenvalue weighted by atomic mass is 10.1. The van der Waals surface area contributed by atoms with Gasteiger partial charge < -0.3 is 36.9 Å². The molecule has 3 amide bonds. The van der Waals surface area contributed by atoms with E-state index in [4.69, 9.17) is 5.73 Å². The Morgan fingerprint density at radius 3 is 2.28 bits per heavy atom. The Morgan fingerprint density at radius 1 is 1.03 bits per heavy atom. The molecule has 1 heterocycles. The Hall–Kier alpha value is -3.58. The Morgan fingerprint density at radius 2 is 1.69 bits per heavy atom. The average Bonchev–Trinajstić information content (AvgIpc) is 3.35. The number of phenols is 1. The first-order valence-corrected chi connectivity index (χ1v) is 12.6. The van der Waals surface area contributed by atoms with Gasteiger partial charge in [-0.3, -0.25) is 14.4 Å². The molecular formula is C23H32N6O6S. The summed E-state index contributed by atoms with van der Waals surface area (Å²) in [5, 5.41) is 26.5. The zero-order chi connectivity index (χ0) is 26.7. The standard InChI is InChI=1S/C23H32N6O6S/c1-13(20(31)29-19(23(34)35)9-14-3-5-16(30)6-4-14)27-22(33)18(7-8-36-2)28-21(32)17(24)10-15-11-25-12-26-15/h3-6,11-13,17-19,30H,7-10,24H2,1-2H3,(H,25,26)(H,27,33)(H,28,32)(H,29,31)(H,34,35). The van der Waals surface area contributed by atoms with E-state index in [2.05, 4.69) is 25.9 Å². The predicted molar refractivity (Wildman–Crippen MR) is 134 cm³/mol. The maximum Gasteiger partial charge on any atom is 0.326 e. The minimum Gasteiger partial charge on any atom is -0.508 e. The van der Waals surface area contributed by atoms with Gasteiger partial charge in [-0.1, -0.05) is 12.1 Å². The molecule has 1 aromatic heterocycles. The van der Waals surface area contributed by atoms with Crippen LogP contribution in [0.5, 0.6) is 5.75 Å². The molecule has 4 unspecified atom stereocenters. The first kappa shape index (κ1) is 28.7. The maximum atomic E-state index is 12.9. The maximum absolute atomic E-state index is 12.9. The average molecular weight is 521 g/mol. The molecule has 12 nitrogen and oxygen atoms in total. The van der Waals surface area contributed by atoms with E-state index in [9.17, 15) is 29.4 Å². The van der Waals surface area contributed by atoms with Gasteiger partial charge in [0.1, 0.15) is 23.9 Å². The van der Waals surface area contributed by atoms with Crippen LogP contribution in [0.25, 0.3) is 0 Å². The predicted octanol–water partition coefficient (Wildman–Crippen LogP) is -0.460. The zero-order valence-electron chi connectivity index (χ0n) is 20.1. The quantitative estimate of drug-likeness (QED) is 0.172. The van der Waals surface area contributed by atoms with Gasteiger partial charge in [0.25, 0.3) is 0 Å². The number of carbonyl (C=O) groups is 4. The number of benzene rings is 1. The number of aliphatic carboxylic acids is 1. The number of aromatic amines is 1. The first-order valence-electron chi connectivity index (χ1n) is 11.2. The number of nitrogens with zero attached hydrogens (tertiary/aromatic N) is 1. The number of amides is 3. The number of carboxylic acid groups (broad SMARTS) is 1. The van der Waals surface area contributed by atoms with Crippen LogP contribution in [0.15, 0.2) is 36.8 Å². The van der Waals surface area contributed by atoms with Crippen LogP contribution >= 0.6 is 11.8 Å². The van der Waals surface area contributed by atoms with Crippen LogP contribution in [0.1, 0.15) is 24.6 Å². The number of nitrogens with one attached hydrogen (secondary N) is 4. The molecule has 1 aromatic carbocycles. The summed E-state index contributed by atoms with van der Waals surface area (Å²) in [5.41, 5.74) is 7.23. The van der Waals surface area contributed by atoms with Crippen molar-refractivity contribution in [1.82, 2.24) is 25.9 Å². The number of carbonyl (C=O) groups excluding carboxylic acids is 3. The SMILES string of the molecule is CSCCC(NC(=O)C(N)Cc1cnc[nH]1)C(=O)NC(C)C(=O)NC(Cc1ccc(O)cc1)C(=O)O. The fourth-order valence-corrected chi connectivity index (χ4v) is 3.72. The number of nitrogens with two attached hydrogens (primary N) is 1. The zero-order valence-corrected chi connectivity index (χ0v) is 20.9. The summed E-state index contributed by atoms with van der Waals surface area (Å²) in [4.78, 5) is 56.5. The molecule has 0 saturated carbocycles. The van der Waals surface area contributed by atoms with Crippen LogP contribution in [0.3, 0.4) is 0 Å². The number of phenolic OH excluding ortho intramolecular Hbond substituents is 1. The summed E-state index contributed by atoms with van der Waals surface area (Å²) in [6, 6.07) is 1.80. The Balaban J connectivity index is 1.96. The molecule has 2 aromatic rings. The first-order chi connectivity index (χ1) is 17.1. The van der Waals surface area contributed by atoms with Crippen molar-refractivity contribution in [1.29, 1.82) is 0 Å². The van der Waals surface area contributed by atoms with Gasteiger partial charge in [0.05, 0.1) is 12.4 Å². The van der Waals surface area contributed by atoms with E-state index >= 15 is 0 Å². The number of aromatic hydroxyl groups is 1. The highest BCUT2D eigenvalue weighted by atomic mass is 32.2. The lowest BCUT2D eigenvalue weighted by Gasteiger charge is -2.23. The monoisotopic (exact) mass is 520 g/mol. The second-order valence-electron chi connectivity index (χ2n) is 8.23. The van der Waals surface area contributed by atoms with E-state index < -0.39 is 47.9 Å². The lowest BCUT2D eigenvalue weighted by molar-refractivity contribution is -0.142. The van der Waals surface area contributed by atoms with Crippen molar-refractivity contribution in [2.45, 2.75) is 50.4 Å². The number of carboxylic acids is 1. The second-order valence-corrected chi connectivity index (χ2v) is 9.22. The smallest absolute Gasteiger partial charge is 0.326 e. The molecule has 13 heteroatoms. The highest BCUT2D eigenvalue weighted by Crippen LogP contribution is 2.11. The van der Waals surface area contributed by atoms with Crippen LogP contribution < -0.4 is 21.7 Å². The van der Waals surface area contributed by atoms with Crippen LogP contribution in [0.4, 0.5) is 0 Å². The molecule has 0 aliphatic heterocycles. The summed E-state index contributed by atoms with van der Waals surface area (Å²) in [6.07, 6.45) is 5.39. The molecule has 8 N–H and O–H groups in total. The molecule has 0 aliphatic rings. The van der Waals surface area contributed by atoms with Crippen molar-refractivity contribution < 1.29 is 29.4 Å². The summed E-state index contributed by atoms with van der Waals surface area (Å²) >= 11 is 1.49. The number of thioether (sulfide) groups is 1.